The van der Waals surface area contributed by atoms with Gasteiger partial charge in [0.2, 0.25) is 5.91 Å². The normalized spacial score (nSPS) is 35.2. The zero-order valence-corrected chi connectivity index (χ0v) is 33.0. The van der Waals surface area contributed by atoms with Crippen molar-refractivity contribution in [2.45, 2.75) is 155 Å². The highest BCUT2D eigenvalue weighted by Crippen LogP contribution is 2.69. The highest BCUT2D eigenvalue weighted by atomic mass is 16.5. The fourth-order valence-corrected chi connectivity index (χ4v) is 12.0. The summed E-state index contributed by atoms with van der Waals surface area (Å²) in [7, 11) is 0. The number of H-pyrrole nitrogens is 1. The van der Waals surface area contributed by atoms with Crippen molar-refractivity contribution < 1.29 is 19.4 Å². The molecule has 11 atom stereocenters. The molecule has 0 saturated heterocycles. The molecule has 4 aliphatic carbocycles. The van der Waals surface area contributed by atoms with Crippen molar-refractivity contribution in [2.75, 3.05) is 6.54 Å². The van der Waals surface area contributed by atoms with E-state index in [0.29, 0.717) is 42.4 Å². The van der Waals surface area contributed by atoms with Gasteiger partial charge in [-0.1, -0.05) is 91.1 Å². The number of imidazole rings is 1. The first-order chi connectivity index (χ1) is 24.9. The molecule has 0 unspecified atom stereocenters. The van der Waals surface area contributed by atoms with E-state index in [-0.39, 0.29) is 17.4 Å². The number of rotatable bonds is 15. The van der Waals surface area contributed by atoms with Crippen LogP contribution < -0.4 is 10.6 Å². The summed E-state index contributed by atoms with van der Waals surface area (Å²) in [5.74, 6) is 3.41. The standard InChI is InChI=1S/C44H68N4O4/c1-7-40(49)48-38(24-31-14-9-8-10-15-31)41(50)52-33-18-22-43(6)37-19-21-42(5)35(30(4)13-11-12-29(2)3)16-17-36(42)34(37)25-39(44(43,51)26-33)46-23-20-32-27-45-28-47-32/h8-10,14-15,27-30,33-39,46,51H,7,11-13,16-26H2,1-6H3,(H,45,47)(H,48,49)/t30-,33+,34+,35-,36+,37+,38+,39-,42-,43-,44+/m1/s1. The van der Waals surface area contributed by atoms with Crippen LogP contribution in [0.2, 0.25) is 0 Å². The molecule has 0 aliphatic heterocycles. The SMILES string of the molecule is CCC(=O)N[C@@H](Cc1ccccc1)C(=O)O[C@H]1CC[C@]2(C)[C@H]3CC[C@]4(C)[C@@H]([C@H](C)CCCC(C)C)CC[C@H]4[C@@H]3C[C@@H](NCCc3c[nH]cn3)[C@@]2(O)C1. The molecular weight excluding hydrogens is 649 g/mol. The molecule has 6 rings (SSSR count). The van der Waals surface area contributed by atoms with E-state index in [1.807, 2.05) is 36.5 Å². The minimum atomic E-state index is -1.03. The number of aliphatic hydroxyl groups is 1. The number of aromatic amines is 1. The van der Waals surface area contributed by atoms with Crippen LogP contribution >= 0.6 is 0 Å². The van der Waals surface area contributed by atoms with E-state index >= 15 is 0 Å². The molecule has 0 radical (unpaired) electrons. The Kier molecular flexibility index (Phi) is 12.3. The molecule has 4 fully saturated rings. The zero-order valence-electron chi connectivity index (χ0n) is 33.0. The lowest BCUT2D eigenvalue weighted by molar-refractivity contribution is -0.237. The Morgan fingerprint density at radius 1 is 1.04 bits per heavy atom. The number of nitrogens with one attached hydrogen (secondary N) is 3. The summed E-state index contributed by atoms with van der Waals surface area (Å²) in [6.07, 6.45) is 16.7. The van der Waals surface area contributed by atoms with Crippen LogP contribution in [0.25, 0.3) is 0 Å². The Bertz CT molecular complexity index is 1470. The van der Waals surface area contributed by atoms with Crippen LogP contribution in [-0.2, 0) is 27.2 Å². The first-order valence-electron chi connectivity index (χ1n) is 20.8. The Morgan fingerprint density at radius 2 is 1.83 bits per heavy atom. The van der Waals surface area contributed by atoms with Crippen molar-refractivity contribution in [3.8, 4) is 0 Å². The van der Waals surface area contributed by atoms with Crippen LogP contribution in [0, 0.1) is 46.3 Å². The molecule has 52 heavy (non-hydrogen) atoms. The van der Waals surface area contributed by atoms with Crippen LogP contribution in [0.1, 0.15) is 130 Å². The number of hydrogen-bond acceptors (Lipinski definition) is 6. The molecule has 0 bridgehead atoms. The van der Waals surface area contributed by atoms with E-state index in [9.17, 15) is 14.7 Å². The van der Waals surface area contributed by atoms with Gasteiger partial charge in [-0.3, -0.25) is 4.79 Å². The number of fused-ring (bicyclic) bond motifs is 5. The number of hydrogen-bond donors (Lipinski definition) is 4. The maximum absolute atomic E-state index is 13.8. The van der Waals surface area contributed by atoms with Crippen LogP contribution in [0.4, 0.5) is 0 Å². The van der Waals surface area contributed by atoms with Crippen LogP contribution in [-0.4, -0.2) is 57.3 Å². The second-order valence-corrected chi connectivity index (χ2v) is 18.3. The van der Waals surface area contributed by atoms with Gasteiger partial charge in [-0.25, -0.2) is 9.78 Å². The first-order valence-corrected chi connectivity index (χ1v) is 20.8. The van der Waals surface area contributed by atoms with Gasteiger partial charge in [0.25, 0.3) is 0 Å². The number of benzene rings is 1. The predicted molar refractivity (Wildman–Crippen MR) is 206 cm³/mol. The maximum Gasteiger partial charge on any atom is 0.329 e. The third-order valence-corrected chi connectivity index (χ3v) is 14.9. The Balaban J connectivity index is 1.21. The predicted octanol–water partition coefficient (Wildman–Crippen LogP) is 7.81. The van der Waals surface area contributed by atoms with Crippen LogP contribution in [0.15, 0.2) is 42.9 Å². The molecule has 8 heteroatoms. The van der Waals surface area contributed by atoms with Gasteiger partial charge < -0.3 is 25.5 Å². The van der Waals surface area contributed by atoms with Crippen LogP contribution in [0.5, 0.6) is 0 Å². The number of ether oxygens (including phenoxy) is 1. The van der Waals surface area contributed by atoms with E-state index < -0.39 is 23.7 Å². The average Bonchev–Trinajstić information content (AvgIpc) is 3.76. The summed E-state index contributed by atoms with van der Waals surface area (Å²) >= 11 is 0. The molecule has 2 aromatic rings. The molecule has 4 aliphatic rings. The van der Waals surface area contributed by atoms with Gasteiger partial charge in [0.15, 0.2) is 0 Å². The van der Waals surface area contributed by atoms with Gasteiger partial charge in [0.1, 0.15) is 12.1 Å². The number of amides is 1. The van der Waals surface area contributed by atoms with Crippen molar-refractivity contribution in [2.24, 2.45) is 46.3 Å². The summed E-state index contributed by atoms with van der Waals surface area (Å²) in [5, 5.41) is 20.0. The summed E-state index contributed by atoms with van der Waals surface area (Å²) < 4.78 is 6.30. The highest BCUT2D eigenvalue weighted by Gasteiger charge is 2.68. The van der Waals surface area contributed by atoms with E-state index in [1.54, 1.807) is 13.3 Å². The Labute approximate surface area is 313 Å². The number of carbonyl (C=O) groups excluding carboxylic acids is 2. The molecular formula is C44H68N4O4. The van der Waals surface area contributed by atoms with Gasteiger partial charge in [0.05, 0.1) is 17.6 Å². The van der Waals surface area contributed by atoms with Gasteiger partial charge in [-0.05, 0) is 91.4 Å². The lowest BCUT2D eigenvalue weighted by Crippen LogP contribution is -2.71. The first kappa shape index (κ1) is 39.0. The minimum absolute atomic E-state index is 0.107. The van der Waals surface area contributed by atoms with Crippen LogP contribution in [0.3, 0.4) is 0 Å². The van der Waals surface area contributed by atoms with E-state index in [0.717, 1.165) is 61.2 Å². The Morgan fingerprint density at radius 3 is 2.54 bits per heavy atom. The third-order valence-electron chi connectivity index (χ3n) is 14.9. The molecule has 1 aromatic carbocycles. The summed E-state index contributed by atoms with van der Waals surface area (Å²) in [5.41, 5.74) is 1.03. The fraction of sp³-hybridized carbons (Fsp3) is 0.750. The molecule has 4 saturated carbocycles. The molecule has 0 spiro atoms. The van der Waals surface area contributed by atoms with Crippen molar-refractivity contribution in [1.29, 1.82) is 0 Å². The van der Waals surface area contributed by atoms with Crippen molar-refractivity contribution in [3.05, 3.63) is 54.1 Å². The summed E-state index contributed by atoms with van der Waals surface area (Å²) in [6.45, 7) is 14.7. The summed E-state index contributed by atoms with van der Waals surface area (Å²) in [6, 6.07) is 8.91. The molecule has 1 aromatic heterocycles. The van der Waals surface area contributed by atoms with Gasteiger partial charge in [-0.15, -0.1) is 0 Å². The van der Waals surface area contributed by atoms with Gasteiger partial charge in [-0.2, -0.15) is 0 Å². The number of nitrogens with zero attached hydrogens (tertiary/aromatic N) is 1. The monoisotopic (exact) mass is 717 g/mol. The lowest BCUT2D eigenvalue weighted by Gasteiger charge is -2.66. The number of aromatic nitrogens is 2. The summed E-state index contributed by atoms with van der Waals surface area (Å²) in [4.78, 5) is 33.9. The molecule has 1 heterocycles. The van der Waals surface area contributed by atoms with E-state index in [4.69, 9.17) is 4.74 Å². The Hall–Kier alpha value is -2.71. The van der Waals surface area contributed by atoms with E-state index in [1.165, 1.54) is 44.9 Å². The number of carbonyl (C=O) groups is 2. The lowest BCUT2D eigenvalue weighted by atomic mass is 9.42. The van der Waals surface area contributed by atoms with E-state index in [2.05, 4.69) is 55.2 Å². The average molecular weight is 717 g/mol. The van der Waals surface area contributed by atoms with Gasteiger partial charge in [0, 0.05) is 49.9 Å². The number of esters is 1. The van der Waals surface area contributed by atoms with Crippen molar-refractivity contribution in [1.82, 2.24) is 20.6 Å². The largest absolute Gasteiger partial charge is 0.461 e. The highest BCUT2D eigenvalue weighted by molar-refractivity contribution is 5.84. The van der Waals surface area contributed by atoms with Crippen molar-refractivity contribution in [3.63, 3.8) is 0 Å². The maximum atomic E-state index is 13.8. The third kappa shape index (κ3) is 7.90. The minimum Gasteiger partial charge on any atom is -0.461 e. The quantitative estimate of drug-likeness (QED) is 0.140. The second-order valence-electron chi connectivity index (χ2n) is 18.3. The van der Waals surface area contributed by atoms with Crippen molar-refractivity contribution >= 4 is 11.9 Å². The second kappa shape index (κ2) is 16.3. The molecule has 288 valence electrons. The smallest absolute Gasteiger partial charge is 0.329 e. The molecule has 4 N–H and O–H groups in total. The molecule has 1 amide bonds. The topological polar surface area (TPSA) is 116 Å². The van der Waals surface area contributed by atoms with Gasteiger partial charge >= 0.3 is 5.97 Å². The molecule has 8 nitrogen and oxygen atoms in total. The fourth-order valence-electron chi connectivity index (χ4n) is 12.0. The zero-order chi connectivity index (χ0) is 37.1.